The number of nitrogens with one attached hydrogen (secondary N) is 1. The molecule has 0 amide bonds. The summed E-state index contributed by atoms with van der Waals surface area (Å²) >= 11 is 0. The maximum absolute atomic E-state index is 13.9. The summed E-state index contributed by atoms with van der Waals surface area (Å²) < 4.78 is 27.8. The second-order valence-electron chi connectivity index (χ2n) is 4.77. The van der Waals surface area contributed by atoms with Crippen LogP contribution in [0.5, 0.6) is 0 Å². The fourth-order valence-electron chi connectivity index (χ4n) is 2.51. The number of nitrogens with zero attached hydrogens (tertiary/aromatic N) is 1. The number of aliphatic hydroxyl groups excluding tert-OH is 1. The smallest absolute Gasteiger partial charge is 0.131 e. The van der Waals surface area contributed by atoms with Crippen LogP contribution in [-0.2, 0) is 5.54 Å². The number of rotatable bonds is 3. The first kappa shape index (κ1) is 13.4. The summed E-state index contributed by atoms with van der Waals surface area (Å²) in [6.07, 6.45) is 0. The average Bonchev–Trinajstić information content (AvgIpc) is 2.39. The highest BCUT2D eigenvalue weighted by atomic mass is 19.1. The van der Waals surface area contributed by atoms with Crippen LogP contribution in [0.4, 0.5) is 8.78 Å². The van der Waals surface area contributed by atoms with Crippen molar-refractivity contribution in [2.45, 2.75) is 12.5 Å². The predicted molar refractivity (Wildman–Crippen MR) is 65.2 cm³/mol. The molecule has 0 bridgehead atoms. The molecule has 2 rings (SSSR count). The third-order valence-electron chi connectivity index (χ3n) is 3.62. The first-order valence-electron chi connectivity index (χ1n) is 6.10. The molecule has 0 aromatic heterocycles. The van der Waals surface area contributed by atoms with Crippen molar-refractivity contribution in [1.29, 1.82) is 0 Å². The van der Waals surface area contributed by atoms with E-state index in [0.717, 1.165) is 13.1 Å². The van der Waals surface area contributed by atoms with E-state index in [4.69, 9.17) is 0 Å². The van der Waals surface area contributed by atoms with Crippen molar-refractivity contribution in [3.05, 3.63) is 35.4 Å². The van der Waals surface area contributed by atoms with Gasteiger partial charge in [0.05, 0.1) is 12.1 Å². The Labute approximate surface area is 105 Å². The Morgan fingerprint density at radius 2 is 1.83 bits per heavy atom. The molecule has 2 N–H and O–H groups in total. The van der Waals surface area contributed by atoms with Crippen LogP contribution < -0.4 is 5.32 Å². The van der Waals surface area contributed by atoms with Gasteiger partial charge in [-0.3, -0.25) is 4.90 Å². The molecule has 0 radical (unpaired) electrons. The number of aliphatic hydroxyl groups is 1. The van der Waals surface area contributed by atoms with E-state index >= 15 is 0 Å². The molecule has 1 aliphatic rings. The van der Waals surface area contributed by atoms with Crippen LogP contribution in [-0.4, -0.2) is 42.8 Å². The molecule has 1 saturated heterocycles. The normalized spacial score (nSPS) is 20.7. The summed E-state index contributed by atoms with van der Waals surface area (Å²) in [5.74, 6) is -1.21. The molecule has 0 aliphatic carbocycles. The minimum absolute atomic E-state index is 0.0469. The van der Waals surface area contributed by atoms with Crippen LogP contribution in [0, 0.1) is 11.6 Å². The molecule has 0 spiro atoms. The van der Waals surface area contributed by atoms with Crippen molar-refractivity contribution < 1.29 is 13.9 Å². The average molecular weight is 256 g/mol. The SMILES string of the molecule is CC(CO)(c1c(F)cccc1F)N1CCNCC1. The molecule has 1 fully saturated rings. The van der Waals surface area contributed by atoms with Gasteiger partial charge in [-0.05, 0) is 19.1 Å². The van der Waals surface area contributed by atoms with Crippen LogP contribution in [0.2, 0.25) is 0 Å². The van der Waals surface area contributed by atoms with E-state index in [0.29, 0.717) is 13.1 Å². The van der Waals surface area contributed by atoms with Gasteiger partial charge in [0.2, 0.25) is 0 Å². The molecule has 1 atom stereocenters. The minimum atomic E-state index is -1.02. The standard InChI is InChI=1S/C13H18F2N2O/c1-13(9-18,17-7-5-16-6-8-17)12-10(14)3-2-4-11(12)15/h2-4,16,18H,5-9H2,1H3. The van der Waals surface area contributed by atoms with Crippen molar-refractivity contribution in [2.24, 2.45) is 0 Å². The number of piperazine rings is 1. The second-order valence-corrected chi connectivity index (χ2v) is 4.77. The molecule has 1 heterocycles. The van der Waals surface area contributed by atoms with Crippen LogP contribution in [0.1, 0.15) is 12.5 Å². The molecular weight excluding hydrogens is 238 g/mol. The maximum atomic E-state index is 13.9. The van der Waals surface area contributed by atoms with Gasteiger partial charge in [-0.25, -0.2) is 8.78 Å². The van der Waals surface area contributed by atoms with Gasteiger partial charge in [-0.2, -0.15) is 0 Å². The summed E-state index contributed by atoms with van der Waals surface area (Å²) in [6, 6.07) is 3.80. The lowest BCUT2D eigenvalue weighted by Gasteiger charge is -2.43. The summed E-state index contributed by atoms with van der Waals surface area (Å²) in [5.41, 5.74) is -1.06. The van der Waals surface area contributed by atoms with E-state index in [-0.39, 0.29) is 12.2 Å². The van der Waals surface area contributed by atoms with E-state index in [1.165, 1.54) is 18.2 Å². The highest BCUT2D eigenvalue weighted by Gasteiger charge is 2.38. The maximum Gasteiger partial charge on any atom is 0.131 e. The number of hydrogen-bond donors (Lipinski definition) is 2. The quantitative estimate of drug-likeness (QED) is 0.849. The van der Waals surface area contributed by atoms with E-state index in [1.807, 2.05) is 4.90 Å². The molecule has 1 unspecified atom stereocenters. The lowest BCUT2D eigenvalue weighted by atomic mass is 9.89. The summed E-state index contributed by atoms with van der Waals surface area (Å²) in [5, 5.41) is 12.8. The van der Waals surface area contributed by atoms with Gasteiger partial charge in [0.25, 0.3) is 0 Å². The van der Waals surface area contributed by atoms with Crippen molar-refractivity contribution in [3.8, 4) is 0 Å². The number of hydrogen-bond acceptors (Lipinski definition) is 3. The van der Waals surface area contributed by atoms with Crippen LogP contribution in [0.15, 0.2) is 18.2 Å². The topological polar surface area (TPSA) is 35.5 Å². The Bertz CT molecular complexity index is 401. The van der Waals surface area contributed by atoms with E-state index < -0.39 is 17.2 Å². The molecule has 100 valence electrons. The summed E-state index contributed by atoms with van der Waals surface area (Å²) in [7, 11) is 0. The first-order valence-corrected chi connectivity index (χ1v) is 6.10. The van der Waals surface area contributed by atoms with E-state index in [2.05, 4.69) is 5.32 Å². The molecule has 1 aromatic rings. The van der Waals surface area contributed by atoms with Crippen molar-refractivity contribution in [1.82, 2.24) is 10.2 Å². The van der Waals surface area contributed by atoms with Gasteiger partial charge < -0.3 is 10.4 Å². The van der Waals surface area contributed by atoms with Crippen LogP contribution >= 0.6 is 0 Å². The zero-order chi connectivity index (χ0) is 13.2. The van der Waals surface area contributed by atoms with Crippen LogP contribution in [0.3, 0.4) is 0 Å². The number of halogens is 2. The zero-order valence-corrected chi connectivity index (χ0v) is 10.4. The van der Waals surface area contributed by atoms with Crippen LogP contribution in [0.25, 0.3) is 0 Å². The van der Waals surface area contributed by atoms with Gasteiger partial charge in [0.15, 0.2) is 0 Å². The Balaban J connectivity index is 2.42. The molecule has 1 aliphatic heterocycles. The third-order valence-corrected chi connectivity index (χ3v) is 3.62. The van der Waals surface area contributed by atoms with Gasteiger partial charge in [0, 0.05) is 31.7 Å². The number of benzene rings is 1. The van der Waals surface area contributed by atoms with Crippen molar-refractivity contribution in [3.63, 3.8) is 0 Å². The fraction of sp³-hybridized carbons (Fsp3) is 0.538. The molecule has 18 heavy (non-hydrogen) atoms. The van der Waals surface area contributed by atoms with Gasteiger partial charge in [-0.15, -0.1) is 0 Å². The lowest BCUT2D eigenvalue weighted by molar-refractivity contribution is 0.0258. The Morgan fingerprint density at radius 1 is 1.28 bits per heavy atom. The highest BCUT2D eigenvalue weighted by Crippen LogP contribution is 2.32. The highest BCUT2D eigenvalue weighted by molar-refractivity contribution is 5.28. The first-order chi connectivity index (χ1) is 8.59. The molecule has 1 aromatic carbocycles. The van der Waals surface area contributed by atoms with Crippen molar-refractivity contribution >= 4 is 0 Å². The van der Waals surface area contributed by atoms with E-state index in [1.54, 1.807) is 6.92 Å². The third kappa shape index (κ3) is 2.25. The van der Waals surface area contributed by atoms with Gasteiger partial charge >= 0.3 is 0 Å². The fourth-order valence-corrected chi connectivity index (χ4v) is 2.51. The Hall–Kier alpha value is -1.04. The monoisotopic (exact) mass is 256 g/mol. The molecule has 0 saturated carbocycles. The van der Waals surface area contributed by atoms with Gasteiger partial charge in [-0.1, -0.05) is 6.07 Å². The lowest BCUT2D eigenvalue weighted by Crippen LogP contribution is -2.55. The molecular formula is C13H18F2N2O. The Morgan fingerprint density at radius 3 is 2.33 bits per heavy atom. The predicted octanol–water partition coefficient (Wildman–Crippen LogP) is 1.08. The second kappa shape index (κ2) is 5.30. The summed E-state index contributed by atoms with van der Waals surface area (Å²) in [4.78, 5) is 1.92. The largest absolute Gasteiger partial charge is 0.394 e. The minimum Gasteiger partial charge on any atom is -0.394 e. The van der Waals surface area contributed by atoms with E-state index in [9.17, 15) is 13.9 Å². The molecule has 3 nitrogen and oxygen atoms in total. The Kier molecular flexibility index (Phi) is 3.94. The zero-order valence-electron chi connectivity index (χ0n) is 10.4. The van der Waals surface area contributed by atoms with Crippen molar-refractivity contribution in [2.75, 3.05) is 32.8 Å². The molecule has 5 heteroatoms. The summed E-state index contributed by atoms with van der Waals surface area (Å²) in [6.45, 7) is 4.19. The van der Waals surface area contributed by atoms with Gasteiger partial charge in [0.1, 0.15) is 11.6 Å².